The van der Waals surface area contributed by atoms with Crippen LogP contribution < -0.4 is 5.32 Å². The van der Waals surface area contributed by atoms with Crippen LogP contribution in [0.2, 0.25) is 4.34 Å². The average Bonchev–Trinajstić information content (AvgIpc) is 2.59. The summed E-state index contributed by atoms with van der Waals surface area (Å²) in [6.45, 7) is 1.01. The minimum atomic E-state index is 0.824. The Kier molecular flexibility index (Phi) is 2.31. The monoisotopic (exact) mass is 227 g/mol. The molecule has 0 radical (unpaired) electrons. The lowest BCUT2D eigenvalue weighted by atomic mass is 10.2. The fraction of sp³-hybridized carbons (Fsp3) is 0.636. The smallest absolute Gasteiger partial charge is 0.0931 e. The normalized spacial score (nSPS) is 34.5. The van der Waals surface area contributed by atoms with Crippen LogP contribution in [0.1, 0.15) is 24.1 Å². The third-order valence-electron chi connectivity index (χ3n) is 3.55. The summed E-state index contributed by atoms with van der Waals surface area (Å²) < 4.78 is 0.901. The SMILES string of the molecule is Clc1ccc(CNC2C3CCCC32)s1. The molecule has 76 valence electrons. The molecular formula is C11H14ClNS. The van der Waals surface area contributed by atoms with Gasteiger partial charge in [-0.05, 0) is 36.8 Å². The summed E-state index contributed by atoms with van der Waals surface area (Å²) in [5.74, 6) is 2.01. The largest absolute Gasteiger partial charge is 0.309 e. The van der Waals surface area contributed by atoms with E-state index < -0.39 is 0 Å². The van der Waals surface area contributed by atoms with Gasteiger partial charge in [0.05, 0.1) is 4.34 Å². The van der Waals surface area contributed by atoms with Crippen molar-refractivity contribution in [3.8, 4) is 0 Å². The second-order valence-corrected chi connectivity index (χ2v) is 6.17. The van der Waals surface area contributed by atoms with E-state index in [1.165, 1.54) is 24.1 Å². The highest BCUT2D eigenvalue weighted by Gasteiger charge is 2.51. The minimum absolute atomic E-state index is 0.824. The maximum absolute atomic E-state index is 5.88. The van der Waals surface area contributed by atoms with Crippen molar-refractivity contribution >= 4 is 22.9 Å². The van der Waals surface area contributed by atoms with Crippen LogP contribution in [0.5, 0.6) is 0 Å². The molecule has 2 aliphatic rings. The Morgan fingerprint density at radius 3 is 2.79 bits per heavy atom. The van der Waals surface area contributed by atoms with Gasteiger partial charge in [0.2, 0.25) is 0 Å². The first-order valence-corrected chi connectivity index (χ1v) is 6.51. The van der Waals surface area contributed by atoms with E-state index in [-0.39, 0.29) is 0 Å². The Morgan fingerprint density at radius 1 is 1.36 bits per heavy atom. The van der Waals surface area contributed by atoms with Gasteiger partial charge in [0.1, 0.15) is 0 Å². The van der Waals surface area contributed by atoms with Crippen LogP contribution >= 0.6 is 22.9 Å². The van der Waals surface area contributed by atoms with Crippen molar-refractivity contribution in [2.45, 2.75) is 31.8 Å². The maximum atomic E-state index is 5.88. The fourth-order valence-corrected chi connectivity index (χ4v) is 3.83. The first-order valence-electron chi connectivity index (χ1n) is 5.32. The van der Waals surface area contributed by atoms with E-state index in [9.17, 15) is 0 Å². The van der Waals surface area contributed by atoms with Gasteiger partial charge in [-0.25, -0.2) is 0 Å². The van der Waals surface area contributed by atoms with E-state index in [1.54, 1.807) is 11.3 Å². The molecule has 1 aromatic rings. The molecule has 3 rings (SSSR count). The molecule has 0 aliphatic heterocycles. The first-order chi connectivity index (χ1) is 6.84. The Hall–Kier alpha value is -0.0500. The number of fused-ring (bicyclic) bond motifs is 1. The van der Waals surface area contributed by atoms with Crippen molar-refractivity contribution in [3.63, 3.8) is 0 Å². The third-order valence-corrected chi connectivity index (χ3v) is 4.78. The van der Waals surface area contributed by atoms with E-state index in [4.69, 9.17) is 11.6 Å². The zero-order valence-electron chi connectivity index (χ0n) is 8.00. The van der Waals surface area contributed by atoms with E-state index in [0.717, 1.165) is 28.8 Å². The van der Waals surface area contributed by atoms with Crippen molar-refractivity contribution in [3.05, 3.63) is 21.3 Å². The lowest BCUT2D eigenvalue weighted by molar-refractivity contribution is 0.563. The molecule has 2 aliphatic carbocycles. The Morgan fingerprint density at radius 2 is 2.14 bits per heavy atom. The van der Waals surface area contributed by atoms with Crippen LogP contribution in [-0.4, -0.2) is 6.04 Å². The predicted octanol–water partition coefficient (Wildman–Crippen LogP) is 3.29. The minimum Gasteiger partial charge on any atom is -0.309 e. The summed E-state index contributed by atoms with van der Waals surface area (Å²) in [7, 11) is 0. The molecule has 1 heterocycles. The topological polar surface area (TPSA) is 12.0 Å². The molecule has 14 heavy (non-hydrogen) atoms. The van der Waals surface area contributed by atoms with Gasteiger partial charge in [-0.2, -0.15) is 0 Å². The van der Waals surface area contributed by atoms with Crippen molar-refractivity contribution in [2.24, 2.45) is 11.8 Å². The Bertz CT molecular complexity index is 326. The predicted molar refractivity (Wildman–Crippen MR) is 60.8 cm³/mol. The number of halogens is 1. The van der Waals surface area contributed by atoms with Crippen molar-refractivity contribution in [1.82, 2.24) is 5.32 Å². The van der Waals surface area contributed by atoms with Crippen LogP contribution in [0.25, 0.3) is 0 Å². The highest BCUT2D eigenvalue weighted by Crippen LogP contribution is 2.51. The van der Waals surface area contributed by atoms with Crippen LogP contribution in [-0.2, 0) is 6.54 Å². The van der Waals surface area contributed by atoms with Gasteiger partial charge in [0.15, 0.2) is 0 Å². The standard InChI is InChI=1S/C11H14ClNS/c12-10-5-4-7(14-10)6-13-11-8-2-1-3-9(8)11/h4-5,8-9,11,13H,1-3,6H2. The van der Waals surface area contributed by atoms with Gasteiger partial charge in [-0.1, -0.05) is 18.0 Å². The van der Waals surface area contributed by atoms with Crippen molar-refractivity contribution in [1.29, 1.82) is 0 Å². The molecule has 0 saturated heterocycles. The summed E-state index contributed by atoms with van der Waals surface area (Å²) >= 11 is 7.57. The van der Waals surface area contributed by atoms with Gasteiger partial charge in [-0.15, -0.1) is 11.3 Å². The van der Waals surface area contributed by atoms with E-state index >= 15 is 0 Å². The highest BCUT2D eigenvalue weighted by atomic mass is 35.5. The number of rotatable bonds is 3. The van der Waals surface area contributed by atoms with Gasteiger partial charge in [0, 0.05) is 17.5 Å². The molecular weight excluding hydrogens is 214 g/mol. The third kappa shape index (κ3) is 1.60. The molecule has 0 amide bonds. The zero-order valence-corrected chi connectivity index (χ0v) is 9.57. The summed E-state index contributed by atoms with van der Waals surface area (Å²) in [5.41, 5.74) is 0. The summed E-state index contributed by atoms with van der Waals surface area (Å²) in [6.07, 6.45) is 4.36. The van der Waals surface area contributed by atoms with Crippen LogP contribution in [0, 0.1) is 11.8 Å². The molecule has 2 fully saturated rings. The van der Waals surface area contributed by atoms with E-state index in [0.29, 0.717) is 0 Å². The number of thiophene rings is 1. The molecule has 2 unspecified atom stereocenters. The van der Waals surface area contributed by atoms with E-state index in [1.807, 2.05) is 6.07 Å². The summed E-state index contributed by atoms with van der Waals surface area (Å²) in [6, 6.07) is 4.93. The second-order valence-electron chi connectivity index (χ2n) is 4.37. The Labute approximate surface area is 93.5 Å². The molecule has 2 atom stereocenters. The number of nitrogens with one attached hydrogen (secondary N) is 1. The highest BCUT2D eigenvalue weighted by molar-refractivity contribution is 7.16. The van der Waals surface area contributed by atoms with Crippen molar-refractivity contribution < 1.29 is 0 Å². The van der Waals surface area contributed by atoms with Crippen LogP contribution in [0.4, 0.5) is 0 Å². The van der Waals surface area contributed by atoms with Crippen LogP contribution in [0.3, 0.4) is 0 Å². The molecule has 0 bridgehead atoms. The molecule has 1 nitrogen and oxygen atoms in total. The lowest BCUT2D eigenvalue weighted by Gasteiger charge is -2.04. The van der Waals surface area contributed by atoms with Gasteiger partial charge < -0.3 is 5.32 Å². The first kappa shape index (κ1) is 9.20. The molecule has 2 saturated carbocycles. The molecule has 3 heteroatoms. The lowest BCUT2D eigenvalue weighted by Crippen LogP contribution is -2.19. The fourth-order valence-electron chi connectivity index (χ4n) is 2.79. The van der Waals surface area contributed by atoms with Gasteiger partial charge in [0.25, 0.3) is 0 Å². The Balaban J connectivity index is 1.51. The molecule has 1 N–H and O–H groups in total. The van der Waals surface area contributed by atoms with Gasteiger partial charge >= 0.3 is 0 Å². The van der Waals surface area contributed by atoms with E-state index in [2.05, 4.69) is 11.4 Å². The van der Waals surface area contributed by atoms with Gasteiger partial charge in [-0.3, -0.25) is 0 Å². The zero-order chi connectivity index (χ0) is 9.54. The van der Waals surface area contributed by atoms with Crippen LogP contribution in [0.15, 0.2) is 12.1 Å². The molecule has 1 aromatic heterocycles. The maximum Gasteiger partial charge on any atom is 0.0931 e. The molecule has 0 aromatic carbocycles. The summed E-state index contributed by atoms with van der Waals surface area (Å²) in [5, 5.41) is 3.64. The number of hydrogen-bond donors (Lipinski definition) is 1. The average molecular weight is 228 g/mol. The number of hydrogen-bond acceptors (Lipinski definition) is 2. The quantitative estimate of drug-likeness (QED) is 0.836. The second kappa shape index (κ2) is 3.51. The summed E-state index contributed by atoms with van der Waals surface area (Å²) in [4.78, 5) is 1.36. The molecule has 0 spiro atoms. The van der Waals surface area contributed by atoms with Crippen molar-refractivity contribution in [2.75, 3.05) is 0 Å².